The van der Waals surface area contributed by atoms with Gasteiger partial charge in [-0.3, -0.25) is 4.68 Å². The highest BCUT2D eigenvalue weighted by Gasteiger charge is 2.43. The molecule has 0 amide bonds. The van der Waals surface area contributed by atoms with Crippen LogP contribution in [-0.4, -0.2) is 63.8 Å². The van der Waals surface area contributed by atoms with Crippen LogP contribution in [0.2, 0.25) is 0 Å². The number of likely N-dealkylation sites (tertiary alicyclic amines) is 1. The maximum absolute atomic E-state index is 14.0. The van der Waals surface area contributed by atoms with E-state index in [9.17, 15) is 13.2 Å². The molecule has 10 heteroatoms. The third kappa shape index (κ3) is 4.66. The SMILES string of the molecule is Cc1nn(C)c(C)c1-c1cc(C(F)(F)F)c(NC2C[C@@H]3CN(CC4CCOCC4)C[C@@H]3C2)nn1. The quantitative estimate of drug-likeness (QED) is 0.699. The predicted molar refractivity (Wildman–Crippen MR) is 122 cm³/mol. The van der Waals surface area contributed by atoms with Crippen molar-refractivity contribution >= 4 is 5.82 Å². The number of aryl methyl sites for hydroxylation is 2. The summed E-state index contributed by atoms with van der Waals surface area (Å²) in [7, 11) is 1.77. The van der Waals surface area contributed by atoms with Gasteiger partial charge in [-0.05, 0) is 63.4 Å². The third-order valence-electron chi connectivity index (χ3n) is 7.89. The van der Waals surface area contributed by atoms with Crippen LogP contribution in [0.3, 0.4) is 0 Å². The van der Waals surface area contributed by atoms with Gasteiger partial charge in [0.05, 0.1) is 11.4 Å². The second-order valence-electron chi connectivity index (χ2n) is 10.3. The average molecular weight is 479 g/mol. The van der Waals surface area contributed by atoms with Crippen molar-refractivity contribution in [2.75, 3.05) is 38.2 Å². The van der Waals surface area contributed by atoms with Gasteiger partial charge in [0.15, 0.2) is 5.82 Å². The van der Waals surface area contributed by atoms with Crippen molar-refractivity contribution in [3.63, 3.8) is 0 Å². The van der Waals surface area contributed by atoms with Crippen molar-refractivity contribution in [2.45, 2.75) is 51.7 Å². The van der Waals surface area contributed by atoms with E-state index in [-0.39, 0.29) is 17.6 Å². The maximum atomic E-state index is 14.0. The number of alkyl halides is 3. The normalized spacial score (nSPS) is 26.2. The van der Waals surface area contributed by atoms with E-state index < -0.39 is 11.7 Å². The van der Waals surface area contributed by atoms with Crippen LogP contribution in [0.4, 0.5) is 19.0 Å². The van der Waals surface area contributed by atoms with Crippen molar-refractivity contribution in [2.24, 2.45) is 24.8 Å². The molecular weight excluding hydrogens is 445 g/mol. The lowest BCUT2D eigenvalue weighted by Crippen LogP contribution is -2.32. The third-order valence-corrected chi connectivity index (χ3v) is 7.89. The first-order valence-corrected chi connectivity index (χ1v) is 12.2. The molecule has 1 N–H and O–H groups in total. The summed E-state index contributed by atoms with van der Waals surface area (Å²) in [6, 6.07) is 1.10. The van der Waals surface area contributed by atoms with E-state index >= 15 is 0 Å². The molecule has 2 aliphatic heterocycles. The summed E-state index contributed by atoms with van der Waals surface area (Å²) < 4.78 is 49.1. The Bertz CT molecular complexity index is 1020. The highest BCUT2D eigenvalue weighted by Crippen LogP contribution is 2.42. The molecule has 7 nitrogen and oxygen atoms in total. The monoisotopic (exact) mass is 478 g/mol. The summed E-state index contributed by atoms with van der Waals surface area (Å²) in [6.45, 7) is 8.50. The van der Waals surface area contributed by atoms with Gasteiger partial charge in [-0.15, -0.1) is 10.2 Å². The number of aromatic nitrogens is 4. The molecule has 0 aromatic carbocycles. The number of hydrogen-bond acceptors (Lipinski definition) is 6. The highest BCUT2D eigenvalue weighted by atomic mass is 19.4. The van der Waals surface area contributed by atoms with E-state index in [0.29, 0.717) is 29.0 Å². The minimum atomic E-state index is -4.52. The van der Waals surface area contributed by atoms with Gasteiger partial charge in [0.25, 0.3) is 0 Å². The van der Waals surface area contributed by atoms with Crippen LogP contribution in [0.1, 0.15) is 42.6 Å². The van der Waals surface area contributed by atoms with Gasteiger partial charge in [-0.2, -0.15) is 18.3 Å². The number of anilines is 1. The number of nitrogens with one attached hydrogen (secondary N) is 1. The largest absolute Gasteiger partial charge is 0.420 e. The standard InChI is InChI=1S/C24H33F3N6O/c1-14-22(15(2)32(3)31-14)21-10-20(24(25,26)27)23(30-29-21)28-19-8-17-12-33(13-18(17)9-19)11-16-4-6-34-7-5-16/h10,16-19H,4-9,11-13H2,1-3H3,(H,28,30)/t17-,18+,19?. The van der Waals surface area contributed by atoms with Gasteiger partial charge in [0.2, 0.25) is 0 Å². The van der Waals surface area contributed by atoms with Crippen molar-refractivity contribution in [1.29, 1.82) is 0 Å². The molecule has 3 atom stereocenters. The lowest BCUT2D eigenvalue weighted by molar-refractivity contribution is -0.137. The van der Waals surface area contributed by atoms with Gasteiger partial charge < -0.3 is 15.0 Å². The van der Waals surface area contributed by atoms with Crippen LogP contribution in [0, 0.1) is 31.6 Å². The Labute approximate surface area is 198 Å². The Hall–Kier alpha value is -2.20. The summed E-state index contributed by atoms with van der Waals surface area (Å²) in [6.07, 6.45) is -0.523. The van der Waals surface area contributed by atoms with Crippen LogP contribution in [0.5, 0.6) is 0 Å². The molecule has 2 aromatic rings. The molecule has 0 spiro atoms. The van der Waals surface area contributed by atoms with E-state index in [2.05, 4.69) is 25.5 Å². The zero-order chi connectivity index (χ0) is 24.0. The second kappa shape index (κ2) is 9.11. The number of rotatable bonds is 5. The minimum Gasteiger partial charge on any atom is -0.381 e. The second-order valence-corrected chi connectivity index (χ2v) is 10.3. The van der Waals surface area contributed by atoms with Crippen LogP contribution in [0.25, 0.3) is 11.3 Å². The summed E-state index contributed by atoms with van der Waals surface area (Å²) in [5.41, 5.74) is 1.44. The Kier molecular flexibility index (Phi) is 6.31. The van der Waals surface area contributed by atoms with Crippen LogP contribution >= 0.6 is 0 Å². The van der Waals surface area contributed by atoms with E-state index in [1.165, 1.54) is 0 Å². The topological polar surface area (TPSA) is 68.1 Å². The molecule has 3 aliphatic rings. The molecule has 34 heavy (non-hydrogen) atoms. The zero-order valence-corrected chi connectivity index (χ0v) is 20.0. The van der Waals surface area contributed by atoms with Gasteiger partial charge in [-0.1, -0.05) is 0 Å². The molecule has 2 saturated heterocycles. The van der Waals surface area contributed by atoms with Crippen molar-refractivity contribution in [3.05, 3.63) is 23.0 Å². The molecule has 3 fully saturated rings. The molecule has 1 aliphatic carbocycles. The molecular formula is C24H33F3N6O. The molecule has 0 bridgehead atoms. The van der Waals surface area contributed by atoms with Crippen LogP contribution in [-0.2, 0) is 18.0 Å². The fraction of sp³-hybridized carbons (Fsp3) is 0.708. The van der Waals surface area contributed by atoms with Crippen LogP contribution < -0.4 is 5.32 Å². The molecule has 1 saturated carbocycles. The van der Waals surface area contributed by atoms with E-state index in [4.69, 9.17) is 4.74 Å². The summed E-state index contributed by atoms with van der Waals surface area (Å²) in [5, 5.41) is 15.6. The van der Waals surface area contributed by atoms with Crippen LogP contribution in [0.15, 0.2) is 6.07 Å². The Balaban J connectivity index is 1.27. The molecule has 186 valence electrons. The van der Waals surface area contributed by atoms with Crippen molar-refractivity contribution < 1.29 is 17.9 Å². The Morgan fingerprint density at radius 2 is 1.76 bits per heavy atom. The van der Waals surface area contributed by atoms with E-state index in [1.807, 2.05) is 6.92 Å². The Morgan fingerprint density at radius 3 is 2.35 bits per heavy atom. The molecule has 2 aromatic heterocycles. The number of ether oxygens (including phenoxy) is 1. The summed E-state index contributed by atoms with van der Waals surface area (Å²) >= 11 is 0. The summed E-state index contributed by atoms with van der Waals surface area (Å²) in [5.74, 6) is 1.59. The van der Waals surface area contributed by atoms with E-state index in [1.54, 1.807) is 18.7 Å². The zero-order valence-electron chi connectivity index (χ0n) is 20.0. The number of nitrogens with zero attached hydrogens (tertiary/aromatic N) is 5. The Morgan fingerprint density at radius 1 is 1.09 bits per heavy atom. The smallest absolute Gasteiger partial charge is 0.381 e. The average Bonchev–Trinajstić information content (AvgIpc) is 3.39. The molecule has 5 rings (SSSR count). The molecule has 0 radical (unpaired) electrons. The first-order chi connectivity index (χ1) is 16.2. The number of halogens is 3. The summed E-state index contributed by atoms with van der Waals surface area (Å²) in [4.78, 5) is 2.55. The lowest BCUT2D eigenvalue weighted by atomic mass is 10.00. The van der Waals surface area contributed by atoms with Crippen molar-refractivity contribution in [3.8, 4) is 11.3 Å². The van der Waals surface area contributed by atoms with Gasteiger partial charge >= 0.3 is 6.18 Å². The van der Waals surface area contributed by atoms with E-state index in [0.717, 1.165) is 70.3 Å². The fourth-order valence-corrected chi connectivity index (χ4v) is 6.13. The maximum Gasteiger partial charge on any atom is 0.420 e. The fourth-order valence-electron chi connectivity index (χ4n) is 6.13. The molecule has 4 heterocycles. The first kappa shape index (κ1) is 23.5. The lowest BCUT2D eigenvalue weighted by Gasteiger charge is -2.28. The number of hydrogen-bond donors (Lipinski definition) is 1. The minimum absolute atomic E-state index is 0.0108. The first-order valence-electron chi connectivity index (χ1n) is 12.2. The number of fused-ring (bicyclic) bond motifs is 1. The predicted octanol–water partition coefficient (Wildman–Crippen LogP) is 4.06. The van der Waals surface area contributed by atoms with Gasteiger partial charge in [0, 0.05) is 57.2 Å². The highest BCUT2D eigenvalue weighted by molar-refractivity contribution is 5.67. The molecule has 1 unspecified atom stereocenters. The van der Waals surface area contributed by atoms with Gasteiger partial charge in [0.1, 0.15) is 5.56 Å². The van der Waals surface area contributed by atoms with Gasteiger partial charge in [-0.25, -0.2) is 0 Å². The van der Waals surface area contributed by atoms with Crippen molar-refractivity contribution in [1.82, 2.24) is 24.9 Å².